The molecule has 0 unspecified atom stereocenters. The molecule has 0 aliphatic rings. The van der Waals surface area contributed by atoms with Crippen molar-refractivity contribution in [2.45, 2.75) is 39.2 Å². The molecule has 4 aromatic rings. The summed E-state index contributed by atoms with van der Waals surface area (Å²) in [5.41, 5.74) is 2.60. The molecule has 0 aliphatic carbocycles. The van der Waals surface area contributed by atoms with E-state index >= 15 is 0 Å². The number of fused-ring (bicyclic) bond motifs is 1. The Labute approximate surface area is 195 Å². The molecule has 2 heterocycles. The number of hydrogen-bond acceptors (Lipinski definition) is 8. The summed E-state index contributed by atoms with van der Waals surface area (Å²) in [7, 11) is 0. The van der Waals surface area contributed by atoms with Crippen LogP contribution in [0.4, 0.5) is 0 Å². The summed E-state index contributed by atoms with van der Waals surface area (Å²) in [5.74, 6) is -0.343. The molecule has 0 spiro atoms. The highest BCUT2D eigenvalue weighted by Gasteiger charge is 2.18. The second-order valence-electron chi connectivity index (χ2n) is 8.46. The fraction of sp³-hybridized carbons (Fsp3) is 0.292. The first-order valence-electron chi connectivity index (χ1n) is 10.5. The maximum atomic E-state index is 12.1. The van der Waals surface area contributed by atoms with Gasteiger partial charge in [-0.2, -0.15) is 0 Å². The zero-order chi connectivity index (χ0) is 23.4. The zero-order valence-corrected chi connectivity index (χ0v) is 19.4. The van der Waals surface area contributed by atoms with Gasteiger partial charge in [0.2, 0.25) is 17.7 Å². The number of hydrogen-bond donors (Lipinski definition) is 1. The summed E-state index contributed by atoms with van der Waals surface area (Å²) >= 11 is 1.57. The number of carbonyl (C=O) groups excluding carboxylic acids is 2. The number of rotatable bonds is 7. The molecule has 1 N–H and O–H groups in total. The minimum absolute atomic E-state index is 0.115. The summed E-state index contributed by atoms with van der Waals surface area (Å²) in [6.07, 6.45) is 0.266. The van der Waals surface area contributed by atoms with E-state index in [1.54, 1.807) is 32.1 Å². The molecule has 33 heavy (non-hydrogen) atoms. The third-order valence-corrected chi connectivity index (χ3v) is 5.53. The predicted molar refractivity (Wildman–Crippen MR) is 125 cm³/mol. The number of nitrogens with one attached hydrogen (secondary N) is 1. The van der Waals surface area contributed by atoms with Crippen LogP contribution in [0, 0.1) is 0 Å². The highest BCUT2D eigenvalue weighted by molar-refractivity contribution is 7.18. The van der Waals surface area contributed by atoms with Crippen molar-refractivity contribution in [2.24, 2.45) is 0 Å². The van der Waals surface area contributed by atoms with Crippen LogP contribution >= 0.6 is 11.3 Å². The highest BCUT2D eigenvalue weighted by Crippen LogP contribution is 2.29. The number of amides is 1. The molecule has 0 saturated heterocycles. The van der Waals surface area contributed by atoms with Crippen molar-refractivity contribution in [3.05, 3.63) is 65.3 Å². The largest absolute Gasteiger partial charge is 0.459 e. The van der Waals surface area contributed by atoms with Gasteiger partial charge in [-0.25, -0.2) is 4.98 Å². The normalized spacial score (nSPS) is 11.5. The average molecular weight is 465 g/mol. The molecule has 0 radical (unpaired) electrons. The molecule has 0 saturated carbocycles. The van der Waals surface area contributed by atoms with Crippen LogP contribution < -0.4 is 5.32 Å². The second kappa shape index (κ2) is 9.50. The van der Waals surface area contributed by atoms with Gasteiger partial charge in [0.1, 0.15) is 23.6 Å². The Bertz CT molecular complexity index is 1270. The lowest BCUT2D eigenvalue weighted by molar-refractivity contribution is -0.154. The summed E-state index contributed by atoms with van der Waals surface area (Å²) in [6.45, 7) is 5.08. The van der Waals surface area contributed by atoms with Crippen LogP contribution in [-0.2, 0) is 27.2 Å². The van der Waals surface area contributed by atoms with Crippen molar-refractivity contribution in [2.75, 3.05) is 6.54 Å². The summed E-state index contributed by atoms with van der Waals surface area (Å²) in [4.78, 5) is 28.4. The SMILES string of the molecule is CC(C)(C)OC(=O)CNC(=O)Cc1nnc(Cc2nc3ccc(-c4ccccc4)cc3s2)o1. The summed E-state index contributed by atoms with van der Waals surface area (Å²) in [5, 5.41) is 11.3. The first-order valence-corrected chi connectivity index (χ1v) is 11.3. The van der Waals surface area contributed by atoms with E-state index < -0.39 is 17.5 Å². The molecular formula is C24H24N4O4S. The van der Waals surface area contributed by atoms with Gasteiger partial charge in [-0.05, 0) is 44.0 Å². The molecular weight excluding hydrogens is 440 g/mol. The van der Waals surface area contributed by atoms with E-state index in [0.717, 1.165) is 26.4 Å². The Hall–Kier alpha value is -3.59. The van der Waals surface area contributed by atoms with Gasteiger partial charge in [-0.1, -0.05) is 36.4 Å². The smallest absolute Gasteiger partial charge is 0.325 e. The van der Waals surface area contributed by atoms with Crippen molar-refractivity contribution in [3.8, 4) is 11.1 Å². The van der Waals surface area contributed by atoms with Crippen LogP contribution in [0.2, 0.25) is 0 Å². The van der Waals surface area contributed by atoms with Crippen LogP contribution in [0.15, 0.2) is 52.9 Å². The Morgan fingerprint density at radius 1 is 1.03 bits per heavy atom. The number of esters is 1. The van der Waals surface area contributed by atoms with Crippen LogP contribution in [0.5, 0.6) is 0 Å². The average Bonchev–Trinajstić information content (AvgIpc) is 3.37. The van der Waals surface area contributed by atoms with Gasteiger partial charge in [-0.3, -0.25) is 9.59 Å². The number of ether oxygens (including phenoxy) is 1. The third-order valence-electron chi connectivity index (χ3n) is 4.51. The van der Waals surface area contributed by atoms with Crippen molar-refractivity contribution in [1.29, 1.82) is 0 Å². The maximum absolute atomic E-state index is 12.1. The maximum Gasteiger partial charge on any atom is 0.325 e. The van der Waals surface area contributed by atoms with Gasteiger partial charge in [0, 0.05) is 0 Å². The Kier molecular flexibility index (Phi) is 6.50. The van der Waals surface area contributed by atoms with Crippen LogP contribution in [0.1, 0.15) is 37.6 Å². The molecule has 0 aliphatic heterocycles. The lowest BCUT2D eigenvalue weighted by Crippen LogP contribution is -2.35. The fourth-order valence-electron chi connectivity index (χ4n) is 3.17. The first-order chi connectivity index (χ1) is 15.7. The van der Waals surface area contributed by atoms with E-state index in [2.05, 4.69) is 44.8 Å². The summed E-state index contributed by atoms with van der Waals surface area (Å²) in [6, 6.07) is 16.4. The lowest BCUT2D eigenvalue weighted by Gasteiger charge is -2.19. The minimum Gasteiger partial charge on any atom is -0.459 e. The molecule has 9 heteroatoms. The van der Waals surface area contributed by atoms with Gasteiger partial charge in [0.15, 0.2) is 0 Å². The lowest BCUT2D eigenvalue weighted by atomic mass is 10.1. The molecule has 170 valence electrons. The van der Waals surface area contributed by atoms with Gasteiger partial charge >= 0.3 is 5.97 Å². The molecule has 2 aromatic carbocycles. The zero-order valence-electron chi connectivity index (χ0n) is 18.6. The molecule has 0 atom stereocenters. The van der Waals surface area contributed by atoms with E-state index in [1.807, 2.05) is 24.3 Å². The Morgan fingerprint density at radius 2 is 1.79 bits per heavy atom. The number of carbonyl (C=O) groups is 2. The van der Waals surface area contributed by atoms with Crippen molar-refractivity contribution < 1.29 is 18.7 Å². The number of aromatic nitrogens is 3. The molecule has 0 bridgehead atoms. The van der Waals surface area contributed by atoms with Gasteiger partial charge in [-0.15, -0.1) is 21.5 Å². The molecule has 0 fully saturated rings. The molecule has 8 nitrogen and oxygen atoms in total. The second-order valence-corrected chi connectivity index (χ2v) is 9.58. The topological polar surface area (TPSA) is 107 Å². The first kappa shape index (κ1) is 22.6. The van der Waals surface area contributed by atoms with E-state index in [-0.39, 0.29) is 18.9 Å². The van der Waals surface area contributed by atoms with E-state index in [9.17, 15) is 9.59 Å². The Morgan fingerprint density at radius 3 is 2.55 bits per heavy atom. The number of benzene rings is 2. The predicted octanol–water partition coefficient (Wildman–Crippen LogP) is 3.94. The van der Waals surface area contributed by atoms with E-state index in [0.29, 0.717) is 12.3 Å². The third kappa shape index (κ3) is 6.23. The van der Waals surface area contributed by atoms with Gasteiger partial charge in [0.05, 0.1) is 16.6 Å². The highest BCUT2D eigenvalue weighted by atomic mass is 32.1. The standard InChI is InChI=1S/C24H24N4O4S/c1-24(2,3)32-23(30)14-25-19(29)12-20-27-28-21(31-20)13-22-26-17-10-9-16(11-18(17)33-22)15-7-5-4-6-8-15/h4-11H,12-14H2,1-3H3,(H,25,29). The van der Waals surface area contributed by atoms with E-state index in [1.165, 1.54) is 0 Å². The van der Waals surface area contributed by atoms with Gasteiger partial charge in [0.25, 0.3) is 0 Å². The van der Waals surface area contributed by atoms with Crippen LogP contribution in [-0.4, -0.2) is 39.2 Å². The van der Waals surface area contributed by atoms with Crippen molar-refractivity contribution in [1.82, 2.24) is 20.5 Å². The quantitative estimate of drug-likeness (QED) is 0.413. The molecule has 1 amide bonds. The van der Waals surface area contributed by atoms with Crippen LogP contribution in [0.25, 0.3) is 21.3 Å². The van der Waals surface area contributed by atoms with Gasteiger partial charge < -0.3 is 14.5 Å². The fourth-order valence-corrected chi connectivity index (χ4v) is 4.16. The van der Waals surface area contributed by atoms with E-state index in [4.69, 9.17) is 9.15 Å². The minimum atomic E-state index is -0.604. The van der Waals surface area contributed by atoms with Crippen molar-refractivity contribution in [3.63, 3.8) is 0 Å². The number of nitrogens with zero attached hydrogens (tertiary/aromatic N) is 3. The molecule has 4 rings (SSSR count). The monoisotopic (exact) mass is 464 g/mol. The number of thiazole rings is 1. The summed E-state index contributed by atoms with van der Waals surface area (Å²) < 4.78 is 11.8. The molecule has 2 aromatic heterocycles. The van der Waals surface area contributed by atoms with Crippen LogP contribution in [0.3, 0.4) is 0 Å². The Balaban J connectivity index is 1.35. The van der Waals surface area contributed by atoms with Crippen molar-refractivity contribution >= 4 is 33.4 Å².